The van der Waals surface area contributed by atoms with Crippen LogP contribution in [0.25, 0.3) is 0 Å². The van der Waals surface area contributed by atoms with Gasteiger partial charge in [0.1, 0.15) is 6.33 Å². The maximum atomic E-state index is 9.49. The Balaban J connectivity index is 1.80. The van der Waals surface area contributed by atoms with E-state index < -0.39 is 6.10 Å². The maximum absolute atomic E-state index is 9.49. The summed E-state index contributed by atoms with van der Waals surface area (Å²) in [6.45, 7) is 4.44. The molecule has 0 fully saturated rings. The van der Waals surface area contributed by atoms with Crippen molar-refractivity contribution in [2.75, 3.05) is 11.4 Å². The second kappa shape index (κ2) is 4.42. The van der Waals surface area contributed by atoms with Crippen molar-refractivity contribution in [1.82, 2.24) is 14.8 Å². The minimum absolute atomic E-state index is 0.413. The van der Waals surface area contributed by atoms with Gasteiger partial charge in [-0.05, 0) is 24.6 Å². The van der Waals surface area contributed by atoms with Gasteiger partial charge in [-0.15, -0.1) is 10.2 Å². The van der Waals surface area contributed by atoms with E-state index in [-0.39, 0.29) is 0 Å². The number of nitrogens with zero attached hydrogens (tertiary/aromatic N) is 4. The summed E-state index contributed by atoms with van der Waals surface area (Å²) < 4.78 is 2.08. The number of benzene rings is 1. The highest BCUT2D eigenvalue weighted by Gasteiger charge is 2.17. The molecule has 18 heavy (non-hydrogen) atoms. The van der Waals surface area contributed by atoms with Crippen LogP contribution in [-0.4, -0.2) is 26.4 Å². The third kappa shape index (κ3) is 1.97. The molecule has 94 valence electrons. The lowest BCUT2D eigenvalue weighted by atomic mass is 10.1. The van der Waals surface area contributed by atoms with Gasteiger partial charge in [0.2, 0.25) is 0 Å². The molecule has 1 aliphatic rings. The van der Waals surface area contributed by atoms with Gasteiger partial charge >= 0.3 is 0 Å². The normalized spacial score (nSPS) is 16.4. The smallest absolute Gasteiger partial charge is 0.152 e. The average molecular weight is 244 g/mol. The second-order valence-corrected chi connectivity index (χ2v) is 4.63. The van der Waals surface area contributed by atoms with Crippen LogP contribution in [0.1, 0.15) is 24.4 Å². The largest absolute Gasteiger partial charge is 0.389 e. The molecule has 1 aromatic heterocycles. The van der Waals surface area contributed by atoms with Gasteiger partial charge in [-0.25, -0.2) is 0 Å². The van der Waals surface area contributed by atoms with E-state index in [1.165, 1.54) is 0 Å². The van der Waals surface area contributed by atoms with E-state index in [0.29, 0.717) is 0 Å². The zero-order valence-corrected chi connectivity index (χ0v) is 10.3. The van der Waals surface area contributed by atoms with Crippen molar-refractivity contribution in [2.45, 2.75) is 26.1 Å². The predicted molar refractivity (Wildman–Crippen MR) is 68.1 cm³/mol. The Bertz CT molecular complexity index is 532. The summed E-state index contributed by atoms with van der Waals surface area (Å²) in [6.07, 6.45) is 1.37. The van der Waals surface area contributed by atoms with Crippen molar-refractivity contribution in [3.63, 3.8) is 0 Å². The molecule has 1 atom stereocenters. The topological polar surface area (TPSA) is 54.2 Å². The predicted octanol–water partition coefficient (Wildman–Crippen LogP) is 1.35. The van der Waals surface area contributed by atoms with Crippen LogP contribution in [0.5, 0.6) is 0 Å². The standard InChI is InChI=1S/C13H16N4O/c1-10(18)11-2-4-12(5-3-11)16-6-7-17-9-14-15-13(17)8-16/h2-5,9-10,18H,6-8H2,1H3. The number of fused-ring (bicyclic) bond motifs is 1. The second-order valence-electron chi connectivity index (χ2n) is 4.63. The molecular formula is C13H16N4O. The van der Waals surface area contributed by atoms with Crippen LogP contribution in [0.15, 0.2) is 30.6 Å². The molecule has 0 amide bonds. The van der Waals surface area contributed by atoms with Crippen LogP contribution in [-0.2, 0) is 13.1 Å². The minimum atomic E-state index is -0.413. The number of aliphatic hydroxyl groups is 1. The van der Waals surface area contributed by atoms with Crippen LogP contribution in [0.2, 0.25) is 0 Å². The van der Waals surface area contributed by atoms with E-state index in [1.807, 2.05) is 24.3 Å². The Morgan fingerprint density at radius 1 is 1.22 bits per heavy atom. The molecule has 0 spiro atoms. The molecule has 0 saturated carbocycles. The fourth-order valence-electron chi connectivity index (χ4n) is 2.25. The van der Waals surface area contributed by atoms with E-state index in [0.717, 1.165) is 36.7 Å². The Labute approximate surface area is 106 Å². The first-order chi connectivity index (χ1) is 8.74. The molecule has 0 bridgehead atoms. The van der Waals surface area contributed by atoms with Gasteiger partial charge < -0.3 is 14.6 Å². The molecule has 2 aromatic rings. The minimum Gasteiger partial charge on any atom is -0.389 e. The molecule has 3 rings (SSSR count). The molecule has 0 saturated heterocycles. The zero-order valence-electron chi connectivity index (χ0n) is 10.3. The molecule has 0 aliphatic carbocycles. The maximum Gasteiger partial charge on any atom is 0.152 e. The fraction of sp³-hybridized carbons (Fsp3) is 0.385. The molecule has 5 heteroatoms. The van der Waals surface area contributed by atoms with Gasteiger partial charge in [0.25, 0.3) is 0 Å². The molecule has 5 nitrogen and oxygen atoms in total. The monoisotopic (exact) mass is 244 g/mol. The molecule has 1 aromatic carbocycles. The summed E-state index contributed by atoms with van der Waals surface area (Å²) in [5.41, 5.74) is 2.10. The SMILES string of the molecule is CC(O)c1ccc(N2CCn3cnnc3C2)cc1. The van der Waals surface area contributed by atoms with E-state index in [4.69, 9.17) is 0 Å². The van der Waals surface area contributed by atoms with Crippen molar-refractivity contribution >= 4 is 5.69 Å². The Morgan fingerprint density at radius 3 is 2.72 bits per heavy atom. The fourth-order valence-corrected chi connectivity index (χ4v) is 2.25. The molecular weight excluding hydrogens is 228 g/mol. The van der Waals surface area contributed by atoms with Gasteiger partial charge in [-0.3, -0.25) is 0 Å². The first-order valence-electron chi connectivity index (χ1n) is 6.14. The molecule has 1 aliphatic heterocycles. The van der Waals surface area contributed by atoms with Crippen LogP contribution in [0, 0.1) is 0 Å². The third-order valence-corrected chi connectivity index (χ3v) is 3.38. The van der Waals surface area contributed by atoms with E-state index in [1.54, 1.807) is 13.3 Å². The summed E-state index contributed by atoms with van der Waals surface area (Å²) in [5.74, 6) is 1.00. The third-order valence-electron chi connectivity index (χ3n) is 3.38. The first kappa shape index (κ1) is 11.2. The van der Waals surface area contributed by atoms with Crippen molar-refractivity contribution in [1.29, 1.82) is 0 Å². The van der Waals surface area contributed by atoms with E-state index in [2.05, 4.69) is 19.7 Å². The summed E-state index contributed by atoms with van der Waals surface area (Å²) in [5, 5.41) is 17.5. The molecule has 1 unspecified atom stereocenters. The summed E-state index contributed by atoms with van der Waals surface area (Å²) in [4.78, 5) is 2.27. The number of anilines is 1. The Hall–Kier alpha value is -1.88. The van der Waals surface area contributed by atoms with Crippen LogP contribution in [0.4, 0.5) is 5.69 Å². The summed E-state index contributed by atoms with van der Waals surface area (Å²) in [6, 6.07) is 8.04. The highest BCUT2D eigenvalue weighted by molar-refractivity contribution is 5.48. The van der Waals surface area contributed by atoms with Crippen LogP contribution in [0.3, 0.4) is 0 Å². The lowest BCUT2D eigenvalue weighted by Crippen LogP contribution is -2.33. The van der Waals surface area contributed by atoms with Gasteiger partial charge in [-0.1, -0.05) is 12.1 Å². The first-order valence-corrected chi connectivity index (χ1v) is 6.14. The zero-order chi connectivity index (χ0) is 12.5. The lowest BCUT2D eigenvalue weighted by molar-refractivity contribution is 0.199. The number of aromatic nitrogens is 3. The van der Waals surface area contributed by atoms with Gasteiger partial charge in [-0.2, -0.15) is 0 Å². The molecule has 0 radical (unpaired) electrons. The van der Waals surface area contributed by atoms with Gasteiger partial charge in [0.05, 0.1) is 12.6 Å². The Kier molecular flexibility index (Phi) is 2.76. The van der Waals surface area contributed by atoms with E-state index in [9.17, 15) is 5.11 Å². The number of hydrogen-bond acceptors (Lipinski definition) is 4. The van der Waals surface area contributed by atoms with Crippen molar-refractivity contribution in [3.8, 4) is 0 Å². The number of hydrogen-bond donors (Lipinski definition) is 1. The highest BCUT2D eigenvalue weighted by Crippen LogP contribution is 2.22. The summed E-state index contributed by atoms with van der Waals surface area (Å²) in [7, 11) is 0. The van der Waals surface area contributed by atoms with Gasteiger partial charge in [0, 0.05) is 18.8 Å². The lowest BCUT2D eigenvalue weighted by Gasteiger charge is -2.29. The highest BCUT2D eigenvalue weighted by atomic mass is 16.3. The van der Waals surface area contributed by atoms with Crippen molar-refractivity contribution < 1.29 is 5.11 Å². The molecule has 1 N–H and O–H groups in total. The van der Waals surface area contributed by atoms with E-state index >= 15 is 0 Å². The Morgan fingerprint density at radius 2 is 2.00 bits per heavy atom. The molecule has 2 heterocycles. The number of rotatable bonds is 2. The summed E-state index contributed by atoms with van der Waals surface area (Å²) >= 11 is 0. The van der Waals surface area contributed by atoms with Crippen molar-refractivity contribution in [3.05, 3.63) is 42.0 Å². The van der Waals surface area contributed by atoms with Crippen LogP contribution >= 0.6 is 0 Å². The average Bonchev–Trinajstić information content (AvgIpc) is 2.86. The number of aliphatic hydroxyl groups excluding tert-OH is 1. The van der Waals surface area contributed by atoms with Gasteiger partial charge in [0.15, 0.2) is 5.82 Å². The quantitative estimate of drug-likeness (QED) is 0.866. The van der Waals surface area contributed by atoms with Crippen LogP contribution < -0.4 is 4.90 Å². The van der Waals surface area contributed by atoms with Crippen molar-refractivity contribution in [2.24, 2.45) is 0 Å².